The van der Waals surface area contributed by atoms with Gasteiger partial charge >= 0.3 is 0 Å². The lowest BCUT2D eigenvalue weighted by Crippen LogP contribution is -2.08. The monoisotopic (exact) mass is 287 g/mol. The normalized spacial score (nSPS) is 14.6. The molecule has 0 aliphatic heterocycles. The molecule has 2 heterocycles. The van der Waals surface area contributed by atoms with Gasteiger partial charge in [-0.1, -0.05) is 6.92 Å². The van der Waals surface area contributed by atoms with Crippen LogP contribution in [0.1, 0.15) is 48.4 Å². The molecule has 4 heteroatoms. The Balaban J connectivity index is 2.04. The van der Waals surface area contributed by atoms with Crippen molar-refractivity contribution < 1.29 is 0 Å². The van der Waals surface area contributed by atoms with Gasteiger partial charge < -0.3 is 5.32 Å². The number of hydrogen-bond acceptors (Lipinski definition) is 4. The molecule has 0 saturated heterocycles. The van der Waals surface area contributed by atoms with E-state index in [1.165, 1.54) is 28.8 Å². The predicted octanol–water partition coefficient (Wildman–Crippen LogP) is 4.52. The average Bonchev–Trinajstić information content (AvgIpc) is 3.20. The Hall–Kier alpha value is -1.42. The fraction of sp³-hybridized carbons (Fsp3) is 0.500. The number of nitrogens with one attached hydrogen (secondary N) is 1. The Morgan fingerprint density at radius 3 is 2.70 bits per heavy atom. The fourth-order valence-electron chi connectivity index (χ4n) is 2.32. The third-order valence-corrected chi connectivity index (χ3v) is 4.51. The molecule has 1 saturated carbocycles. The van der Waals surface area contributed by atoms with Gasteiger partial charge in [0.2, 0.25) is 0 Å². The van der Waals surface area contributed by atoms with Gasteiger partial charge in [-0.05, 0) is 39.2 Å². The highest BCUT2D eigenvalue weighted by Crippen LogP contribution is 2.40. The topological polar surface area (TPSA) is 37.8 Å². The van der Waals surface area contributed by atoms with Gasteiger partial charge in [0.05, 0.1) is 5.69 Å². The second-order valence-electron chi connectivity index (χ2n) is 5.55. The lowest BCUT2D eigenvalue weighted by Gasteiger charge is -2.13. The molecule has 1 aliphatic carbocycles. The van der Waals surface area contributed by atoms with E-state index >= 15 is 0 Å². The number of hydrogen-bond donors (Lipinski definition) is 1. The molecule has 0 aromatic carbocycles. The Morgan fingerprint density at radius 2 is 2.10 bits per heavy atom. The van der Waals surface area contributed by atoms with Gasteiger partial charge in [0.25, 0.3) is 0 Å². The summed E-state index contributed by atoms with van der Waals surface area (Å²) in [4.78, 5) is 10.9. The minimum absolute atomic E-state index is 0.580. The van der Waals surface area contributed by atoms with E-state index in [1.807, 2.05) is 0 Å². The zero-order chi connectivity index (χ0) is 14.1. The van der Waals surface area contributed by atoms with Crippen LogP contribution in [-0.2, 0) is 0 Å². The summed E-state index contributed by atoms with van der Waals surface area (Å²) in [7, 11) is 0. The third-order valence-electron chi connectivity index (χ3n) is 3.65. The van der Waals surface area contributed by atoms with Crippen molar-refractivity contribution in [3.05, 3.63) is 27.7 Å². The SMILES string of the molecule is CCCNc1nc(C2CC2)nc(-c2csc(C)c2)c1C. The van der Waals surface area contributed by atoms with Crippen molar-refractivity contribution in [2.24, 2.45) is 0 Å². The summed E-state index contributed by atoms with van der Waals surface area (Å²) in [6.07, 6.45) is 3.58. The van der Waals surface area contributed by atoms with Crippen LogP contribution in [0.3, 0.4) is 0 Å². The molecule has 0 radical (unpaired) electrons. The Morgan fingerprint density at radius 1 is 1.30 bits per heavy atom. The Kier molecular flexibility index (Phi) is 3.74. The van der Waals surface area contributed by atoms with Crippen molar-refractivity contribution in [2.75, 3.05) is 11.9 Å². The molecule has 0 bridgehead atoms. The van der Waals surface area contributed by atoms with Crippen molar-refractivity contribution >= 4 is 17.2 Å². The summed E-state index contributed by atoms with van der Waals surface area (Å²) in [6.45, 7) is 7.40. The van der Waals surface area contributed by atoms with E-state index in [4.69, 9.17) is 9.97 Å². The zero-order valence-corrected chi connectivity index (χ0v) is 13.2. The van der Waals surface area contributed by atoms with Crippen LogP contribution in [-0.4, -0.2) is 16.5 Å². The highest BCUT2D eigenvalue weighted by atomic mass is 32.1. The minimum Gasteiger partial charge on any atom is -0.370 e. The fourth-order valence-corrected chi connectivity index (χ4v) is 3.01. The van der Waals surface area contributed by atoms with E-state index in [9.17, 15) is 0 Å². The first kappa shape index (κ1) is 13.6. The van der Waals surface area contributed by atoms with Gasteiger partial charge in [-0.15, -0.1) is 11.3 Å². The van der Waals surface area contributed by atoms with Crippen LogP contribution >= 0.6 is 11.3 Å². The molecule has 1 fully saturated rings. The van der Waals surface area contributed by atoms with Crippen LogP contribution in [0.5, 0.6) is 0 Å². The smallest absolute Gasteiger partial charge is 0.134 e. The molecule has 3 rings (SSSR count). The van der Waals surface area contributed by atoms with Crippen LogP contribution in [0.2, 0.25) is 0 Å². The van der Waals surface area contributed by atoms with Crippen molar-refractivity contribution in [3.8, 4) is 11.3 Å². The molecule has 0 unspecified atom stereocenters. The van der Waals surface area contributed by atoms with E-state index in [2.05, 4.69) is 37.5 Å². The zero-order valence-electron chi connectivity index (χ0n) is 12.4. The Bertz CT molecular complexity index is 614. The molecule has 0 amide bonds. The van der Waals surface area contributed by atoms with Gasteiger partial charge in [-0.25, -0.2) is 9.97 Å². The first-order chi connectivity index (χ1) is 9.69. The molecular weight excluding hydrogens is 266 g/mol. The summed E-state index contributed by atoms with van der Waals surface area (Å²) in [5.74, 6) is 2.62. The summed E-state index contributed by atoms with van der Waals surface area (Å²) in [5, 5.41) is 5.65. The largest absolute Gasteiger partial charge is 0.370 e. The van der Waals surface area contributed by atoms with E-state index in [0.29, 0.717) is 5.92 Å². The van der Waals surface area contributed by atoms with Crippen LogP contribution in [0.15, 0.2) is 11.4 Å². The lowest BCUT2D eigenvalue weighted by atomic mass is 10.1. The number of thiophene rings is 1. The second kappa shape index (κ2) is 5.52. The summed E-state index contributed by atoms with van der Waals surface area (Å²) >= 11 is 1.78. The number of aryl methyl sites for hydroxylation is 1. The van der Waals surface area contributed by atoms with Gasteiger partial charge in [-0.2, -0.15) is 0 Å². The van der Waals surface area contributed by atoms with Crippen LogP contribution in [0, 0.1) is 13.8 Å². The highest BCUT2D eigenvalue weighted by molar-refractivity contribution is 7.10. The van der Waals surface area contributed by atoms with Crippen LogP contribution in [0.25, 0.3) is 11.3 Å². The standard InChI is InChI=1S/C16H21N3S/c1-4-7-17-15-11(3)14(13-8-10(2)20-9-13)18-16(19-15)12-5-6-12/h8-9,12H,4-7H2,1-3H3,(H,17,18,19). The number of nitrogens with zero attached hydrogens (tertiary/aromatic N) is 2. The Labute approximate surface area is 124 Å². The van der Waals surface area contributed by atoms with E-state index in [-0.39, 0.29) is 0 Å². The molecule has 20 heavy (non-hydrogen) atoms. The van der Waals surface area contributed by atoms with Crippen LogP contribution in [0.4, 0.5) is 5.82 Å². The van der Waals surface area contributed by atoms with E-state index in [0.717, 1.165) is 30.3 Å². The van der Waals surface area contributed by atoms with Crippen molar-refractivity contribution in [3.63, 3.8) is 0 Å². The predicted molar refractivity (Wildman–Crippen MR) is 85.6 cm³/mol. The number of anilines is 1. The number of rotatable bonds is 5. The van der Waals surface area contributed by atoms with Gasteiger partial charge in [0.15, 0.2) is 0 Å². The van der Waals surface area contributed by atoms with Crippen molar-refractivity contribution in [1.29, 1.82) is 0 Å². The maximum absolute atomic E-state index is 4.84. The van der Waals surface area contributed by atoms with Gasteiger partial charge in [-0.3, -0.25) is 0 Å². The highest BCUT2D eigenvalue weighted by Gasteiger charge is 2.28. The summed E-state index contributed by atoms with van der Waals surface area (Å²) in [5.41, 5.74) is 3.50. The second-order valence-corrected chi connectivity index (χ2v) is 6.67. The maximum atomic E-state index is 4.84. The molecule has 0 atom stereocenters. The molecule has 3 nitrogen and oxygen atoms in total. The summed E-state index contributed by atoms with van der Waals surface area (Å²) < 4.78 is 0. The first-order valence-corrected chi connectivity index (χ1v) is 8.25. The number of aromatic nitrogens is 2. The molecule has 2 aromatic rings. The van der Waals surface area contributed by atoms with E-state index < -0.39 is 0 Å². The lowest BCUT2D eigenvalue weighted by molar-refractivity contribution is 0.903. The van der Waals surface area contributed by atoms with Gasteiger partial charge in [0.1, 0.15) is 11.6 Å². The van der Waals surface area contributed by atoms with Crippen molar-refractivity contribution in [2.45, 2.75) is 46.0 Å². The maximum Gasteiger partial charge on any atom is 0.134 e. The minimum atomic E-state index is 0.580. The average molecular weight is 287 g/mol. The first-order valence-electron chi connectivity index (χ1n) is 7.37. The van der Waals surface area contributed by atoms with Crippen molar-refractivity contribution in [1.82, 2.24) is 9.97 Å². The molecule has 106 valence electrons. The molecule has 1 N–H and O–H groups in total. The molecule has 0 spiro atoms. The molecule has 1 aliphatic rings. The quantitative estimate of drug-likeness (QED) is 0.878. The molecular formula is C16H21N3S. The third kappa shape index (κ3) is 2.70. The molecule has 2 aromatic heterocycles. The van der Waals surface area contributed by atoms with E-state index in [1.54, 1.807) is 11.3 Å². The van der Waals surface area contributed by atoms with Gasteiger partial charge in [0, 0.05) is 33.8 Å². The summed E-state index contributed by atoms with van der Waals surface area (Å²) in [6, 6.07) is 2.22. The van der Waals surface area contributed by atoms with Crippen LogP contribution < -0.4 is 5.32 Å².